The van der Waals surface area contributed by atoms with Gasteiger partial charge in [-0.1, -0.05) is 0 Å². The summed E-state index contributed by atoms with van der Waals surface area (Å²) < 4.78 is 31.6. The second kappa shape index (κ2) is 6.36. The fraction of sp³-hybridized carbons (Fsp3) is 0.667. The van der Waals surface area contributed by atoms with Crippen molar-refractivity contribution in [3.8, 4) is 0 Å². The van der Waals surface area contributed by atoms with Crippen LogP contribution in [0.4, 0.5) is 0 Å². The van der Waals surface area contributed by atoms with Crippen molar-refractivity contribution in [2.24, 2.45) is 5.92 Å². The first-order chi connectivity index (χ1) is 9.53. The molecule has 0 spiro atoms. The van der Waals surface area contributed by atoms with Gasteiger partial charge in [-0.05, 0) is 32.6 Å². The van der Waals surface area contributed by atoms with Crippen molar-refractivity contribution in [2.45, 2.75) is 43.7 Å². The lowest BCUT2D eigenvalue weighted by Crippen LogP contribution is -2.39. The first-order valence-corrected chi connectivity index (χ1v) is 8.18. The fourth-order valence-electron chi connectivity index (χ4n) is 2.38. The number of carbonyl (C=O) groups excluding carboxylic acids is 1. The van der Waals surface area contributed by atoms with Crippen LogP contribution in [0.5, 0.6) is 0 Å². The van der Waals surface area contributed by atoms with E-state index in [2.05, 4.69) is 14.7 Å². The third-order valence-electron chi connectivity index (χ3n) is 3.43. The van der Waals surface area contributed by atoms with E-state index in [4.69, 9.17) is 4.74 Å². The molecule has 20 heavy (non-hydrogen) atoms. The van der Waals surface area contributed by atoms with Crippen molar-refractivity contribution in [1.29, 1.82) is 0 Å². The predicted molar refractivity (Wildman–Crippen MR) is 71.3 cm³/mol. The van der Waals surface area contributed by atoms with Crippen LogP contribution in [0, 0.1) is 5.92 Å². The number of hydrogen-bond donors (Lipinski definition) is 2. The summed E-state index contributed by atoms with van der Waals surface area (Å²) >= 11 is 0. The van der Waals surface area contributed by atoms with Crippen LogP contribution < -0.4 is 4.72 Å². The van der Waals surface area contributed by atoms with Gasteiger partial charge in [0.15, 0.2) is 5.03 Å². The van der Waals surface area contributed by atoms with Gasteiger partial charge in [-0.3, -0.25) is 4.79 Å². The number of aromatic amines is 1. The molecule has 1 fully saturated rings. The smallest absolute Gasteiger partial charge is 0.308 e. The summed E-state index contributed by atoms with van der Waals surface area (Å²) in [5.41, 5.74) is 0. The molecule has 7 nitrogen and oxygen atoms in total. The van der Waals surface area contributed by atoms with Crippen molar-refractivity contribution in [3.05, 3.63) is 12.5 Å². The second-order valence-corrected chi connectivity index (χ2v) is 6.52. The highest BCUT2D eigenvalue weighted by Gasteiger charge is 2.30. The normalized spacial score (nSPS) is 23.4. The average Bonchev–Trinajstić information content (AvgIpc) is 2.94. The third-order valence-corrected chi connectivity index (χ3v) is 4.88. The van der Waals surface area contributed by atoms with Crippen LogP contribution in [-0.2, 0) is 19.6 Å². The molecule has 0 atom stereocenters. The van der Waals surface area contributed by atoms with Crippen molar-refractivity contribution in [3.63, 3.8) is 0 Å². The van der Waals surface area contributed by atoms with E-state index in [1.54, 1.807) is 6.92 Å². The number of hydrogen-bond acceptors (Lipinski definition) is 5. The Morgan fingerprint density at radius 3 is 2.70 bits per heavy atom. The zero-order valence-corrected chi connectivity index (χ0v) is 12.1. The molecule has 1 heterocycles. The summed E-state index contributed by atoms with van der Waals surface area (Å²) in [6.45, 7) is 2.16. The van der Waals surface area contributed by atoms with Gasteiger partial charge in [0.05, 0.1) is 25.0 Å². The molecule has 0 bridgehead atoms. The zero-order valence-electron chi connectivity index (χ0n) is 11.3. The number of H-pyrrole nitrogens is 1. The Hall–Kier alpha value is -1.41. The summed E-state index contributed by atoms with van der Waals surface area (Å²) in [5.74, 6) is -0.287. The van der Waals surface area contributed by atoms with Gasteiger partial charge in [0.2, 0.25) is 0 Å². The molecule has 1 aliphatic rings. The van der Waals surface area contributed by atoms with Gasteiger partial charge in [-0.15, -0.1) is 0 Å². The average molecular weight is 301 g/mol. The molecule has 0 aliphatic heterocycles. The number of ether oxygens (including phenoxy) is 1. The second-order valence-electron chi connectivity index (χ2n) is 4.84. The van der Waals surface area contributed by atoms with Crippen LogP contribution in [-0.4, -0.2) is 37.0 Å². The van der Waals surface area contributed by atoms with E-state index in [0.717, 1.165) is 0 Å². The van der Waals surface area contributed by atoms with Crippen LogP contribution in [0.15, 0.2) is 17.6 Å². The first kappa shape index (κ1) is 15.0. The molecule has 1 aliphatic carbocycles. The number of esters is 1. The van der Waals surface area contributed by atoms with Gasteiger partial charge in [-0.25, -0.2) is 18.1 Å². The van der Waals surface area contributed by atoms with Crippen molar-refractivity contribution in [2.75, 3.05) is 6.61 Å². The molecule has 0 unspecified atom stereocenters. The van der Waals surface area contributed by atoms with Gasteiger partial charge in [0.1, 0.15) is 0 Å². The Morgan fingerprint density at radius 2 is 2.15 bits per heavy atom. The lowest BCUT2D eigenvalue weighted by Gasteiger charge is -2.27. The minimum absolute atomic E-state index is 0.0602. The van der Waals surface area contributed by atoms with Crippen LogP contribution in [0.2, 0.25) is 0 Å². The van der Waals surface area contributed by atoms with Gasteiger partial charge in [-0.2, -0.15) is 0 Å². The van der Waals surface area contributed by atoms with E-state index < -0.39 is 10.0 Å². The maximum Gasteiger partial charge on any atom is 0.308 e. The number of nitrogens with one attached hydrogen (secondary N) is 2. The van der Waals surface area contributed by atoms with E-state index >= 15 is 0 Å². The number of nitrogens with zero attached hydrogens (tertiary/aromatic N) is 1. The molecule has 2 rings (SSSR count). The van der Waals surface area contributed by atoms with Crippen molar-refractivity contribution >= 4 is 16.0 Å². The van der Waals surface area contributed by atoms with E-state index in [-0.39, 0.29) is 23.0 Å². The molecule has 0 radical (unpaired) electrons. The largest absolute Gasteiger partial charge is 0.466 e. The van der Waals surface area contributed by atoms with E-state index in [1.165, 1.54) is 12.5 Å². The summed E-state index contributed by atoms with van der Waals surface area (Å²) in [6.07, 6.45) is 5.16. The topological polar surface area (TPSA) is 101 Å². The number of sulfonamides is 1. The quantitative estimate of drug-likeness (QED) is 0.784. The summed E-state index contributed by atoms with van der Waals surface area (Å²) in [5, 5.41) is 0.0602. The zero-order chi connectivity index (χ0) is 14.6. The van der Waals surface area contributed by atoms with Gasteiger partial charge in [0.25, 0.3) is 10.0 Å². The summed E-state index contributed by atoms with van der Waals surface area (Å²) in [4.78, 5) is 17.9. The molecular formula is C12H19N3O4S. The lowest BCUT2D eigenvalue weighted by atomic mass is 9.86. The van der Waals surface area contributed by atoms with Crippen molar-refractivity contribution < 1.29 is 17.9 Å². The van der Waals surface area contributed by atoms with Crippen LogP contribution >= 0.6 is 0 Å². The van der Waals surface area contributed by atoms with E-state index in [1.807, 2.05) is 0 Å². The molecule has 112 valence electrons. The molecule has 0 aromatic carbocycles. The Balaban J connectivity index is 1.87. The SMILES string of the molecule is CCOC(=O)C1CCC(NS(=O)(=O)c2cnc[nH]2)CC1. The molecule has 1 aromatic rings. The number of imidazole rings is 1. The highest BCUT2D eigenvalue weighted by Crippen LogP contribution is 2.26. The third kappa shape index (κ3) is 3.57. The lowest BCUT2D eigenvalue weighted by molar-refractivity contribution is -0.149. The van der Waals surface area contributed by atoms with E-state index in [0.29, 0.717) is 32.3 Å². The van der Waals surface area contributed by atoms with Crippen LogP contribution in [0.25, 0.3) is 0 Å². The molecule has 0 amide bonds. The highest BCUT2D eigenvalue weighted by atomic mass is 32.2. The predicted octanol–water partition coefficient (Wildman–Crippen LogP) is 0.810. The Morgan fingerprint density at radius 1 is 1.45 bits per heavy atom. The summed E-state index contributed by atoms with van der Waals surface area (Å²) in [6, 6.07) is -0.144. The number of carbonyl (C=O) groups is 1. The molecule has 1 saturated carbocycles. The monoisotopic (exact) mass is 301 g/mol. The molecule has 0 saturated heterocycles. The Kier molecular flexibility index (Phi) is 4.77. The first-order valence-electron chi connectivity index (χ1n) is 6.70. The van der Waals surface area contributed by atoms with Crippen LogP contribution in [0.3, 0.4) is 0 Å². The van der Waals surface area contributed by atoms with Gasteiger partial charge < -0.3 is 9.72 Å². The summed E-state index contributed by atoms with van der Waals surface area (Å²) in [7, 11) is -3.55. The Bertz CT molecular complexity index is 533. The highest BCUT2D eigenvalue weighted by molar-refractivity contribution is 7.89. The molecule has 1 aromatic heterocycles. The minimum Gasteiger partial charge on any atom is -0.466 e. The standard InChI is InChI=1S/C12H19N3O4S/c1-2-19-12(16)9-3-5-10(6-4-9)15-20(17,18)11-7-13-8-14-11/h7-10,15H,2-6H2,1H3,(H,13,14). The van der Waals surface area contributed by atoms with Gasteiger partial charge >= 0.3 is 5.97 Å². The minimum atomic E-state index is -3.55. The maximum absolute atomic E-state index is 12.0. The molecule has 2 N–H and O–H groups in total. The maximum atomic E-state index is 12.0. The van der Waals surface area contributed by atoms with Gasteiger partial charge in [0, 0.05) is 6.04 Å². The molecule has 8 heteroatoms. The molecular weight excluding hydrogens is 282 g/mol. The van der Waals surface area contributed by atoms with E-state index in [9.17, 15) is 13.2 Å². The fourth-order valence-corrected chi connectivity index (χ4v) is 3.59. The van der Waals surface area contributed by atoms with Crippen LogP contribution in [0.1, 0.15) is 32.6 Å². The number of aromatic nitrogens is 2. The van der Waals surface area contributed by atoms with Crippen molar-refractivity contribution in [1.82, 2.24) is 14.7 Å². The number of rotatable bonds is 5. The Labute approximate surface area is 118 Å².